The van der Waals surface area contributed by atoms with Crippen molar-refractivity contribution in [2.75, 3.05) is 19.6 Å². The average Bonchev–Trinajstić information content (AvgIpc) is 2.59. The van der Waals surface area contributed by atoms with E-state index in [4.69, 9.17) is 0 Å². The lowest BCUT2D eigenvalue weighted by Gasteiger charge is -2.07. The van der Waals surface area contributed by atoms with Gasteiger partial charge >= 0.3 is 0 Å². The first-order valence-corrected chi connectivity index (χ1v) is 5.78. The molecule has 0 unspecified atom stereocenters. The van der Waals surface area contributed by atoms with Crippen molar-refractivity contribution in [2.24, 2.45) is 7.05 Å². The Labute approximate surface area is 97.0 Å². The maximum atomic E-state index is 11.8. The molecule has 1 heterocycles. The third-order valence-corrected chi connectivity index (χ3v) is 2.67. The average molecular weight is 223 g/mol. The Hall–Kier alpha value is -1.29. The predicted molar refractivity (Wildman–Crippen MR) is 65.6 cm³/mol. The molecule has 1 aromatic rings. The van der Waals surface area contributed by atoms with Gasteiger partial charge in [0.15, 0.2) is 0 Å². The van der Waals surface area contributed by atoms with E-state index in [9.17, 15) is 4.79 Å². The van der Waals surface area contributed by atoms with Crippen molar-refractivity contribution in [1.82, 2.24) is 15.2 Å². The third kappa shape index (κ3) is 3.38. The Morgan fingerprint density at radius 2 is 2.12 bits per heavy atom. The molecule has 16 heavy (non-hydrogen) atoms. The van der Waals surface area contributed by atoms with Crippen molar-refractivity contribution >= 4 is 5.91 Å². The number of amides is 1. The van der Waals surface area contributed by atoms with Gasteiger partial charge in [0.2, 0.25) is 0 Å². The van der Waals surface area contributed by atoms with Crippen LogP contribution in [0.15, 0.2) is 12.1 Å². The molecule has 90 valence electrons. The number of nitrogens with zero attached hydrogens (tertiary/aromatic N) is 1. The van der Waals surface area contributed by atoms with Gasteiger partial charge in [-0.3, -0.25) is 4.79 Å². The zero-order valence-electron chi connectivity index (χ0n) is 10.3. The van der Waals surface area contributed by atoms with Crippen molar-refractivity contribution in [3.63, 3.8) is 0 Å². The monoisotopic (exact) mass is 223 g/mol. The van der Waals surface area contributed by atoms with E-state index in [-0.39, 0.29) is 5.91 Å². The molecule has 1 aromatic heterocycles. The summed E-state index contributed by atoms with van der Waals surface area (Å²) in [7, 11) is 1.91. The predicted octanol–water partition coefficient (Wildman–Crippen LogP) is 1.06. The maximum absolute atomic E-state index is 11.8. The van der Waals surface area contributed by atoms with Crippen LogP contribution >= 0.6 is 0 Å². The van der Waals surface area contributed by atoms with E-state index in [0.29, 0.717) is 0 Å². The molecule has 0 aromatic carbocycles. The first-order valence-electron chi connectivity index (χ1n) is 5.78. The van der Waals surface area contributed by atoms with E-state index in [1.165, 1.54) is 0 Å². The molecule has 0 saturated heterocycles. The number of hydrogen-bond acceptors (Lipinski definition) is 2. The minimum Gasteiger partial charge on any atom is -0.351 e. The molecule has 0 spiro atoms. The van der Waals surface area contributed by atoms with Crippen LogP contribution in [-0.4, -0.2) is 30.1 Å². The van der Waals surface area contributed by atoms with Crippen molar-refractivity contribution in [3.8, 4) is 0 Å². The number of carbonyl (C=O) groups excluding carboxylic acids is 1. The van der Waals surface area contributed by atoms with E-state index in [1.807, 2.05) is 30.7 Å². The van der Waals surface area contributed by atoms with Gasteiger partial charge in [-0.2, -0.15) is 0 Å². The fourth-order valence-corrected chi connectivity index (χ4v) is 1.52. The van der Waals surface area contributed by atoms with Gasteiger partial charge in [-0.1, -0.05) is 6.92 Å². The lowest BCUT2D eigenvalue weighted by molar-refractivity contribution is 0.0945. The lowest BCUT2D eigenvalue weighted by atomic mass is 10.3. The number of rotatable bonds is 6. The molecule has 1 amide bonds. The van der Waals surface area contributed by atoms with E-state index < -0.39 is 0 Å². The second kappa shape index (κ2) is 6.33. The van der Waals surface area contributed by atoms with E-state index in [2.05, 4.69) is 17.6 Å². The first kappa shape index (κ1) is 12.8. The molecule has 0 radical (unpaired) electrons. The van der Waals surface area contributed by atoms with Gasteiger partial charge in [-0.25, -0.2) is 0 Å². The van der Waals surface area contributed by atoms with Gasteiger partial charge in [0.1, 0.15) is 5.69 Å². The molecule has 0 atom stereocenters. The summed E-state index contributed by atoms with van der Waals surface area (Å²) in [4.78, 5) is 11.8. The zero-order valence-corrected chi connectivity index (χ0v) is 10.3. The normalized spacial score (nSPS) is 10.4. The van der Waals surface area contributed by atoms with Crippen LogP contribution in [0.25, 0.3) is 0 Å². The summed E-state index contributed by atoms with van der Waals surface area (Å²) in [6.45, 7) is 6.71. The largest absolute Gasteiger partial charge is 0.351 e. The zero-order chi connectivity index (χ0) is 12.0. The lowest BCUT2D eigenvalue weighted by Crippen LogP contribution is -2.28. The van der Waals surface area contributed by atoms with E-state index in [0.717, 1.165) is 37.4 Å². The molecule has 1 rings (SSSR count). The first-order chi connectivity index (χ1) is 7.66. The molecule has 0 aliphatic rings. The van der Waals surface area contributed by atoms with Gasteiger partial charge in [0.25, 0.3) is 5.91 Å². The fraction of sp³-hybridized carbons (Fsp3) is 0.583. The summed E-state index contributed by atoms with van der Waals surface area (Å²) >= 11 is 0. The van der Waals surface area contributed by atoms with Crippen LogP contribution < -0.4 is 10.6 Å². The van der Waals surface area contributed by atoms with Crippen molar-refractivity contribution in [3.05, 3.63) is 23.5 Å². The highest BCUT2D eigenvalue weighted by Crippen LogP contribution is 2.05. The standard InChI is InChI=1S/C12H21N3O/c1-4-13-8-5-9-14-12(16)11-7-6-10(2)15(11)3/h6-7,13H,4-5,8-9H2,1-3H3,(H,14,16). The molecular formula is C12H21N3O. The molecule has 0 fully saturated rings. The molecule has 4 heteroatoms. The quantitative estimate of drug-likeness (QED) is 0.708. The highest BCUT2D eigenvalue weighted by atomic mass is 16.1. The van der Waals surface area contributed by atoms with Crippen LogP contribution in [0.4, 0.5) is 0 Å². The van der Waals surface area contributed by atoms with Crippen molar-refractivity contribution < 1.29 is 4.79 Å². The summed E-state index contributed by atoms with van der Waals surface area (Å²) in [5.74, 6) is 0.00657. The second-order valence-corrected chi connectivity index (χ2v) is 3.88. The van der Waals surface area contributed by atoms with Crippen LogP contribution in [-0.2, 0) is 7.05 Å². The van der Waals surface area contributed by atoms with Crippen LogP contribution in [0.1, 0.15) is 29.5 Å². The summed E-state index contributed by atoms with van der Waals surface area (Å²) in [5, 5.41) is 6.13. The molecule has 2 N–H and O–H groups in total. The number of aromatic nitrogens is 1. The van der Waals surface area contributed by atoms with Gasteiger partial charge in [0, 0.05) is 19.3 Å². The van der Waals surface area contributed by atoms with Crippen LogP contribution in [0.5, 0.6) is 0 Å². The van der Waals surface area contributed by atoms with Crippen molar-refractivity contribution in [1.29, 1.82) is 0 Å². The minimum absolute atomic E-state index is 0.00657. The van der Waals surface area contributed by atoms with Gasteiger partial charge < -0.3 is 15.2 Å². The Bertz CT molecular complexity index is 344. The number of nitrogens with one attached hydrogen (secondary N) is 2. The minimum atomic E-state index is 0.00657. The topological polar surface area (TPSA) is 46.1 Å². The van der Waals surface area contributed by atoms with Crippen molar-refractivity contribution in [2.45, 2.75) is 20.3 Å². The molecular weight excluding hydrogens is 202 g/mol. The molecule has 0 saturated carbocycles. The highest BCUT2D eigenvalue weighted by Gasteiger charge is 2.09. The Kier molecular flexibility index (Phi) is 5.05. The van der Waals surface area contributed by atoms with Gasteiger partial charge in [-0.15, -0.1) is 0 Å². The number of aryl methyl sites for hydroxylation is 1. The fourth-order valence-electron chi connectivity index (χ4n) is 1.52. The number of carbonyl (C=O) groups is 1. The molecule has 0 aliphatic carbocycles. The summed E-state index contributed by atoms with van der Waals surface area (Å²) in [6, 6.07) is 3.81. The van der Waals surface area contributed by atoms with Gasteiger partial charge in [-0.05, 0) is 38.6 Å². The Morgan fingerprint density at radius 1 is 1.38 bits per heavy atom. The molecule has 0 bridgehead atoms. The van der Waals surface area contributed by atoms with Crippen LogP contribution in [0.2, 0.25) is 0 Å². The Balaban J connectivity index is 2.33. The Morgan fingerprint density at radius 3 is 2.69 bits per heavy atom. The highest BCUT2D eigenvalue weighted by molar-refractivity contribution is 5.92. The molecule has 4 nitrogen and oxygen atoms in total. The summed E-state index contributed by atoms with van der Waals surface area (Å²) in [5.41, 5.74) is 1.82. The molecule has 0 aliphatic heterocycles. The maximum Gasteiger partial charge on any atom is 0.267 e. The van der Waals surface area contributed by atoms with Gasteiger partial charge in [0.05, 0.1) is 0 Å². The number of hydrogen-bond donors (Lipinski definition) is 2. The van der Waals surface area contributed by atoms with E-state index >= 15 is 0 Å². The summed E-state index contributed by atoms with van der Waals surface area (Å²) < 4.78 is 1.90. The van der Waals surface area contributed by atoms with E-state index in [1.54, 1.807) is 0 Å². The van der Waals surface area contributed by atoms with Crippen LogP contribution in [0, 0.1) is 6.92 Å². The smallest absolute Gasteiger partial charge is 0.267 e. The summed E-state index contributed by atoms with van der Waals surface area (Å²) in [6.07, 6.45) is 0.961. The second-order valence-electron chi connectivity index (χ2n) is 3.88. The third-order valence-electron chi connectivity index (χ3n) is 2.67. The SMILES string of the molecule is CCNCCCNC(=O)c1ccc(C)n1C. The van der Waals surface area contributed by atoms with Crippen LogP contribution in [0.3, 0.4) is 0 Å².